The lowest BCUT2D eigenvalue weighted by atomic mass is 9.48. The molecule has 0 unspecified atom stereocenters. The van der Waals surface area contributed by atoms with Crippen LogP contribution in [-0.4, -0.2) is 44.0 Å². The molecule has 6 heteroatoms. The molecule has 0 aromatic carbocycles. The number of amides is 1. The molecule has 2 atom stereocenters. The fourth-order valence-electron chi connectivity index (χ4n) is 6.65. The van der Waals surface area contributed by atoms with Gasteiger partial charge in [-0.2, -0.15) is 0 Å². The summed E-state index contributed by atoms with van der Waals surface area (Å²) in [5.74, 6) is 2.50. The lowest BCUT2D eigenvalue weighted by Gasteiger charge is -2.59. The zero-order chi connectivity index (χ0) is 17.8. The van der Waals surface area contributed by atoms with Crippen molar-refractivity contribution in [1.29, 1.82) is 0 Å². The van der Waals surface area contributed by atoms with E-state index >= 15 is 0 Å². The normalized spacial score (nSPS) is 42.3. The average molecular weight is 369 g/mol. The van der Waals surface area contributed by atoms with Gasteiger partial charge in [0.1, 0.15) is 0 Å². The van der Waals surface area contributed by atoms with E-state index < -0.39 is 10.0 Å². The smallest absolute Gasteiger partial charge is 0.224 e. The van der Waals surface area contributed by atoms with Crippen molar-refractivity contribution in [1.82, 2.24) is 9.62 Å². The summed E-state index contributed by atoms with van der Waals surface area (Å²) in [6, 6.07) is 0.210. The van der Waals surface area contributed by atoms with Crippen molar-refractivity contribution in [3.05, 3.63) is 0 Å². The molecular weight excluding hydrogens is 336 g/mol. The van der Waals surface area contributed by atoms with Crippen LogP contribution in [0.15, 0.2) is 0 Å². The number of rotatable bonds is 4. The molecule has 4 bridgehead atoms. The molecule has 25 heavy (non-hydrogen) atoms. The Hall–Kier alpha value is -0.620. The van der Waals surface area contributed by atoms with Crippen LogP contribution < -0.4 is 5.32 Å². The van der Waals surface area contributed by atoms with E-state index in [4.69, 9.17) is 0 Å². The Morgan fingerprint density at radius 1 is 1.12 bits per heavy atom. The first-order chi connectivity index (χ1) is 11.7. The highest BCUT2D eigenvalue weighted by atomic mass is 32.2. The van der Waals surface area contributed by atoms with E-state index in [9.17, 15) is 13.2 Å². The van der Waals surface area contributed by atoms with Crippen LogP contribution in [0.2, 0.25) is 0 Å². The number of hydrogen-bond donors (Lipinski definition) is 1. The molecule has 5 fully saturated rings. The third kappa shape index (κ3) is 3.36. The molecule has 5 rings (SSSR count). The topological polar surface area (TPSA) is 66.5 Å². The maximum Gasteiger partial charge on any atom is 0.224 e. The molecule has 1 saturated heterocycles. The third-order valence-electron chi connectivity index (χ3n) is 7.59. The number of nitrogens with zero attached hydrogens (tertiary/aromatic N) is 1. The minimum absolute atomic E-state index is 0.0663. The molecule has 4 aliphatic carbocycles. The van der Waals surface area contributed by atoms with Gasteiger partial charge in [-0.25, -0.2) is 12.7 Å². The Morgan fingerprint density at radius 3 is 2.20 bits per heavy atom. The van der Waals surface area contributed by atoms with E-state index in [0.717, 1.165) is 30.6 Å². The molecule has 0 radical (unpaired) electrons. The van der Waals surface area contributed by atoms with Crippen LogP contribution in [0.4, 0.5) is 0 Å². The number of sulfonamides is 1. The molecule has 142 valence electrons. The molecule has 5 nitrogen and oxygen atoms in total. The number of nitrogens with one attached hydrogen (secondary N) is 1. The molecular formula is C19H32N2O3S. The number of hydrogen-bond acceptors (Lipinski definition) is 3. The first-order valence-corrected chi connectivity index (χ1v) is 11.9. The van der Waals surface area contributed by atoms with Gasteiger partial charge in [-0.15, -0.1) is 0 Å². The molecule has 4 saturated carbocycles. The zero-order valence-corrected chi connectivity index (χ0v) is 16.4. The minimum atomic E-state index is -3.20. The standard InChI is InChI=1S/C19H32N2O3S/c1-13(19-9-14-6-15(10-19)8-16(7-14)11-19)20-18(22)17-4-3-5-21(12-17)25(2,23)24/h13-17H,3-12H2,1-2H3,(H,20,22)/t13-,14?,15?,16?,17+,19?/m0/s1. The predicted molar refractivity (Wildman–Crippen MR) is 97.4 cm³/mol. The molecule has 1 heterocycles. The number of carbonyl (C=O) groups excluding carboxylic acids is 1. The van der Waals surface area contributed by atoms with Crippen molar-refractivity contribution in [2.24, 2.45) is 29.1 Å². The molecule has 0 aromatic rings. The molecule has 1 aliphatic heterocycles. The van der Waals surface area contributed by atoms with Gasteiger partial charge in [0.2, 0.25) is 15.9 Å². The average Bonchev–Trinajstić information content (AvgIpc) is 2.53. The monoisotopic (exact) mass is 368 g/mol. The predicted octanol–water partition coefficient (Wildman–Crippen LogP) is 2.38. The number of carbonyl (C=O) groups is 1. The van der Waals surface area contributed by atoms with E-state index in [1.165, 1.54) is 49.1 Å². The summed E-state index contributed by atoms with van der Waals surface area (Å²) in [4.78, 5) is 12.8. The van der Waals surface area contributed by atoms with Crippen molar-refractivity contribution in [3.8, 4) is 0 Å². The van der Waals surface area contributed by atoms with E-state index in [1.807, 2.05) is 0 Å². The first-order valence-electron chi connectivity index (χ1n) is 10.0. The third-order valence-corrected chi connectivity index (χ3v) is 8.86. The summed E-state index contributed by atoms with van der Waals surface area (Å²) in [6.07, 6.45) is 10.9. The second-order valence-corrected chi connectivity index (χ2v) is 11.5. The Kier molecular flexibility index (Phi) is 4.42. The van der Waals surface area contributed by atoms with Crippen LogP contribution in [0.5, 0.6) is 0 Å². The molecule has 1 amide bonds. The highest BCUT2D eigenvalue weighted by Gasteiger charge is 2.53. The first kappa shape index (κ1) is 17.8. The van der Waals surface area contributed by atoms with E-state index in [0.29, 0.717) is 18.5 Å². The Morgan fingerprint density at radius 2 is 1.68 bits per heavy atom. The van der Waals surface area contributed by atoms with Crippen molar-refractivity contribution >= 4 is 15.9 Å². The lowest BCUT2D eigenvalue weighted by molar-refractivity contribution is -0.130. The summed E-state index contributed by atoms with van der Waals surface area (Å²) in [5, 5.41) is 3.32. The molecule has 5 aliphatic rings. The molecule has 0 aromatic heterocycles. The van der Waals surface area contributed by atoms with Gasteiger partial charge < -0.3 is 5.32 Å². The van der Waals surface area contributed by atoms with E-state index in [-0.39, 0.29) is 17.9 Å². The van der Waals surface area contributed by atoms with Crippen LogP contribution >= 0.6 is 0 Å². The van der Waals surface area contributed by atoms with Crippen LogP contribution in [0, 0.1) is 29.1 Å². The summed E-state index contributed by atoms with van der Waals surface area (Å²) >= 11 is 0. The maximum absolute atomic E-state index is 12.8. The summed E-state index contributed by atoms with van der Waals surface area (Å²) < 4.78 is 25.1. The largest absolute Gasteiger partial charge is 0.353 e. The van der Waals surface area contributed by atoms with Crippen LogP contribution in [0.25, 0.3) is 0 Å². The van der Waals surface area contributed by atoms with Crippen molar-refractivity contribution in [2.45, 2.75) is 64.3 Å². The van der Waals surface area contributed by atoms with Gasteiger partial charge in [0.05, 0.1) is 12.2 Å². The van der Waals surface area contributed by atoms with Gasteiger partial charge in [0.15, 0.2) is 0 Å². The zero-order valence-electron chi connectivity index (χ0n) is 15.5. The second kappa shape index (κ2) is 6.22. The summed E-state index contributed by atoms with van der Waals surface area (Å²) in [5.41, 5.74) is 0.301. The number of piperidine rings is 1. The Balaban J connectivity index is 1.41. The quantitative estimate of drug-likeness (QED) is 0.828. The van der Waals surface area contributed by atoms with Crippen LogP contribution in [0.1, 0.15) is 58.3 Å². The fraction of sp³-hybridized carbons (Fsp3) is 0.947. The minimum Gasteiger partial charge on any atom is -0.353 e. The molecule has 0 spiro atoms. The van der Waals surface area contributed by atoms with Gasteiger partial charge in [0, 0.05) is 19.1 Å². The highest BCUT2D eigenvalue weighted by molar-refractivity contribution is 7.88. The van der Waals surface area contributed by atoms with Gasteiger partial charge >= 0.3 is 0 Å². The summed E-state index contributed by atoms with van der Waals surface area (Å²) in [6.45, 7) is 3.09. The van der Waals surface area contributed by atoms with Crippen molar-refractivity contribution in [3.63, 3.8) is 0 Å². The lowest BCUT2D eigenvalue weighted by Crippen LogP contribution is -2.57. The Labute approximate surface area is 152 Å². The van der Waals surface area contributed by atoms with E-state index in [1.54, 1.807) is 0 Å². The van der Waals surface area contributed by atoms with Gasteiger partial charge in [-0.3, -0.25) is 4.79 Å². The van der Waals surface area contributed by atoms with Crippen molar-refractivity contribution < 1.29 is 13.2 Å². The second-order valence-electron chi connectivity index (χ2n) is 9.47. The maximum atomic E-state index is 12.8. The van der Waals surface area contributed by atoms with Gasteiger partial charge in [-0.05, 0) is 81.5 Å². The Bertz CT molecular complexity index is 610. The highest BCUT2D eigenvalue weighted by Crippen LogP contribution is 2.61. The van der Waals surface area contributed by atoms with Gasteiger partial charge in [-0.1, -0.05) is 0 Å². The SMILES string of the molecule is C[C@H](NC(=O)[C@@H]1CCCN(S(C)(=O)=O)C1)C12CC3CC(CC(C3)C1)C2. The molecule has 1 N–H and O–H groups in total. The summed E-state index contributed by atoms with van der Waals surface area (Å²) in [7, 11) is -3.20. The van der Waals surface area contributed by atoms with Gasteiger partial charge in [0.25, 0.3) is 0 Å². The van der Waals surface area contributed by atoms with Crippen LogP contribution in [0.3, 0.4) is 0 Å². The van der Waals surface area contributed by atoms with E-state index in [2.05, 4.69) is 12.2 Å². The fourth-order valence-corrected chi connectivity index (χ4v) is 7.56. The van der Waals surface area contributed by atoms with Crippen LogP contribution in [-0.2, 0) is 14.8 Å². The van der Waals surface area contributed by atoms with Crippen molar-refractivity contribution in [2.75, 3.05) is 19.3 Å².